The van der Waals surface area contributed by atoms with Crippen LogP contribution >= 0.6 is 0 Å². The van der Waals surface area contributed by atoms with E-state index in [2.05, 4.69) is 45.7 Å². The molecule has 0 fully saturated rings. The van der Waals surface area contributed by atoms with Gasteiger partial charge in [0.1, 0.15) is 12.2 Å². The topological polar surface area (TPSA) is 72.5 Å². The molecule has 3 aromatic rings. The highest BCUT2D eigenvalue weighted by Crippen LogP contribution is 2.22. The fourth-order valence-corrected chi connectivity index (χ4v) is 2.71. The Morgan fingerprint density at radius 3 is 2.90 bits per heavy atom. The number of fused-ring (bicyclic) bond motifs is 1. The zero-order chi connectivity index (χ0) is 14.8. The molecule has 2 aromatic heterocycles. The number of aromatic amines is 1. The van der Waals surface area contributed by atoms with Crippen LogP contribution in [0.5, 0.6) is 0 Å². The largest absolute Gasteiger partial charge is 0.361 e. The Morgan fingerprint density at radius 1 is 1.29 bits per heavy atom. The lowest BCUT2D eigenvalue weighted by Crippen LogP contribution is -2.20. The minimum absolute atomic E-state index is 0.148. The summed E-state index contributed by atoms with van der Waals surface area (Å²) in [5, 5.41) is 9.45. The Bertz CT molecular complexity index is 725. The van der Waals surface area contributed by atoms with E-state index in [9.17, 15) is 0 Å². The Balaban J connectivity index is 1.83. The molecule has 0 bridgehead atoms. The summed E-state index contributed by atoms with van der Waals surface area (Å²) in [5.41, 5.74) is 8.72. The van der Waals surface area contributed by atoms with E-state index in [0.29, 0.717) is 5.92 Å². The molecule has 1 atom stereocenters. The second-order valence-electron chi connectivity index (χ2n) is 5.91. The molecule has 0 aliphatic heterocycles. The molecular weight excluding hydrogens is 262 g/mol. The molecule has 0 radical (unpaired) electrons. The van der Waals surface area contributed by atoms with E-state index >= 15 is 0 Å². The summed E-state index contributed by atoms with van der Waals surface area (Å²) in [6, 6.07) is 8.12. The van der Waals surface area contributed by atoms with Gasteiger partial charge in [-0.3, -0.25) is 0 Å². The van der Waals surface area contributed by atoms with E-state index in [4.69, 9.17) is 5.73 Å². The summed E-state index contributed by atoms with van der Waals surface area (Å²) in [4.78, 5) is 3.29. The number of aromatic nitrogens is 4. The van der Waals surface area contributed by atoms with E-state index in [-0.39, 0.29) is 6.04 Å². The summed E-state index contributed by atoms with van der Waals surface area (Å²) < 4.78 is 2.06. The van der Waals surface area contributed by atoms with Gasteiger partial charge in [0.2, 0.25) is 0 Å². The molecule has 2 heterocycles. The molecule has 1 aromatic carbocycles. The van der Waals surface area contributed by atoms with Crippen LogP contribution in [0, 0.1) is 5.92 Å². The van der Waals surface area contributed by atoms with E-state index in [1.165, 1.54) is 10.9 Å². The van der Waals surface area contributed by atoms with Crippen LogP contribution in [0.15, 0.2) is 36.8 Å². The van der Waals surface area contributed by atoms with Crippen molar-refractivity contribution in [3.8, 4) is 0 Å². The molecular formula is C16H21N5. The van der Waals surface area contributed by atoms with Crippen LogP contribution in [-0.4, -0.2) is 19.7 Å². The third-order valence-electron chi connectivity index (χ3n) is 3.65. The van der Waals surface area contributed by atoms with Gasteiger partial charge in [0.25, 0.3) is 0 Å². The second-order valence-corrected chi connectivity index (χ2v) is 5.91. The van der Waals surface area contributed by atoms with Crippen LogP contribution in [0.1, 0.15) is 31.3 Å². The summed E-state index contributed by atoms with van der Waals surface area (Å²) in [6.45, 7) is 5.24. The molecule has 5 nitrogen and oxygen atoms in total. The highest BCUT2D eigenvalue weighted by molar-refractivity contribution is 5.83. The number of rotatable bonds is 5. The molecule has 0 aliphatic carbocycles. The maximum atomic E-state index is 6.36. The first-order valence-electron chi connectivity index (χ1n) is 7.33. The zero-order valence-corrected chi connectivity index (χ0v) is 12.5. The number of benzene rings is 1. The van der Waals surface area contributed by atoms with Crippen molar-refractivity contribution in [1.29, 1.82) is 0 Å². The fraction of sp³-hybridized carbons (Fsp3) is 0.375. The van der Waals surface area contributed by atoms with Crippen molar-refractivity contribution in [2.24, 2.45) is 11.7 Å². The Hall–Kier alpha value is -2.14. The summed E-state index contributed by atoms with van der Waals surface area (Å²) >= 11 is 0. The van der Waals surface area contributed by atoms with Gasteiger partial charge < -0.3 is 15.3 Å². The number of nitrogens with zero attached hydrogens (tertiary/aromatic N) is 3. The zero-order valence-electron chi connectivity index (χ0n) is 12.5. The van der Waals surface area contributed by atoms with Crippen LogP contribution in [0.2, 0.25) is 0 Å². The van der Waals surface area contributed by atoms with Gasteiger partial charge >= 0.3 is 0 Å². The highest BCUT2D eigenvalue weighted by atomic mass is 15.3. The lowest BCUT2D eigenvalue weighted by Gasteiger charge is -2.14. The van der Waals surface area contributed by atoms with E-state index in [1.807, 2.05) is 18.3 Å². The van der Waals surface area contributed by atoms with Gasteiger partial charge in [-0.05, 0) is 24.0 Å². The number of H-pyrrole nitrogens is 1. The minimum atomic E-state index is -0.148. The van der Waals surface area contributed by atoms with E-state index < -0.39 is 0 Å². The van der Waals surface area contributed by atoms with Crippen LogP contribution in [0.4, 0.5) is 0 Å². The molecule has 0 saturated heterocycles. The average molecular weight is 283 g/mol. The van der Waals surface area contributed by atoms with Crippen LogP contribution < -0.4 is 5.73 Å². The lowest BCUT2D eigenvalue weighted by atomic mass is 10.0. The predicted molar refractivity (Wildman–Crippen MR) is 83.8 cm³/mol. The maximum absolute atomic E-state index is 6.36. The predicted octanol–water partition coefficient (Wildman–Crippen LogP) is 2.66. The lowest BCUT2D eigenvalue weighted by molar-refractivity contribution is 0.488. The van der Waals surface area contributed by atoms with E-state index in [0.717, 1.165) is 24.3 Å². The van der Waals surface area contributed by atoms with Gasteiger partial charge in [-0.1, -0.05) is 32.0 Å². The quantitative estimate of drug-likeness (QED) is 0.756. The highest BCUT2D eigenvalue weighted by Gasteiger charge is 2.16. The van der Waals surface area contributed by atoms with Crippen molar-refractivity contribution >= 4 is 10.9 Å². The van der Waals surface area contributed by atoms with Crippen molar-refractivity contribution in [1.82, 2.24) is 19.7 Å². The molecule has 21 heavy (non-hydrogen) atoms. The van der Waals surface area contributed by atoms with Gasteiger partial charge in [0.15, 0.2) is 0 Å². The molecule has 0 saturated carbocycles. The van der Waals surface area contributed by atoms with Crippen LogP contribution in [-0.2, 0) is 13.0 Å². The number of para-hydroxylation sites is 1. The standard InChI is InChI=1S/C16H21N5/c1-11(2)9-21-10-19-20-16(21)14(17)7-12-8-18-15-6-4-3-5-13(12)15/h3-6,8,10-11,14,18H,7,9,17H2,1-2H3/t14-/m1/s1. The normalized spacial score (nSPS) is 13.1. The molecule has 3 N–H and O–H groups in total. The first-order valence-corrected chi connectivity index (χ1v) is 7.33. The second kappa shape index (κ2) is 5.69. The third kappa shape index (κ3) is 2.83. The first-order chi connectivity index (χ1) is 10.1. The number of nitrogens with two attached hydrogens (primary N) is 1. The minimum Gasteiger partial charge on any atom is -0.361 e. The number of hydrogen-bond acceptors (Lipinski definition) is 3. The number of hydrogen-bond donors (Lipinski definition) is 2. The number of nitrogens with one attached hydrogen (secondary N) is 1. The smallest absolute Gasteiger partial charge is 0.150 e. The Labute approximate surface area is 124 Å². The summed E-state index contributed by atoms with van der Waals surface area (Å²) in [6.07, 6.45) is 4.55. The molecule has 0 aliphatic rings. The van der Waals surface area contributed by atoms with Crippen LogP contribution in [0.25, 0.3) is 10.9 Å². The molecule has 110 valence electrons. The van der Waals surface area contributed by atoms with Crippen molar-refractivity contribution in [2.45, 2.75) is 32.9 Å². The Kier molecular flexibility index (Phi) is 3.75. The molecule has 3 rings (SSSR count). The average Bonchev–Trinajstić information content (AvgIpc) is 3.06. The van der Waals surface area contributed by atoms with Crippen molar-refractivity contribution in [3.63, 3.8) is 0 Å². The monoisotopic (exact) mass is 283 g/mol. The molecule has 0 unspecified atom stereocenters. The van der Waals surface area contributed by atoms with Gasteiger partial charge in [0, 0.05) is 23.6 Å². The third-order valence-corrected chi connectivity index (χ3v) is 3.65. The summed E-state index contributed by atoms with van der Waals surface area (Å²) in [5.74, 6) is 1.40. The first kappa shape index (κ1) is 13.8. The molecule has 0 amide bonds. The van der Waals surface area contributed by atoms with Gasteiger partial charge in [0.05, 0.1) is 6.04 Å². The van der Waals surface area contributed by atoms with Crippen molar-refractivity contribution in [3.05, 3.63) is 48.2 Å². The van der Waals surface area contributed by atoms with Gasteiger partial charge in [-0.25, -0.2) is 0 Å². The van der Waals surface area contributed by atoms with E-state index in [1.54, 1.807) is 6.33 Å². The van der Waals surface area contributed by atoms with Crippen LogP contribution in [0.3, 0.4) is 0 Å². The van der Waals surface area contributed by atoms with Gasteiger partial charge in [-0.2, -0.15) is 0 Å². The van der Waals surface area contributed by atoms with Crippen molar-refractivity contribution < 1.29 is 0 Å². The Morgan fingerprint density at radius 2 is 2.10 bits per heavy atom. The summed E-state index contributed by atoms with van der Waals surface area (Å²) in [7, 11) is 0. The maximum Gasteiger partial charge on any atom is 0.150 e. The molecule has 0 spiro atoms. The SMILES string of the molecule is CC(C)Cn1cnnc1[C@H](N)Cc1c[nH]c2ccccc12. The fourth-order valence-electron chi connectivity index (χ4n) is 2.71. The van der Waals surface area contributed by atoms with Gasteiger partial charge in [-0.15, -0.1) is 10.2 Å². The molecule has 5 heteroatoms. The van der Waals surface area contributed by atoms with Crippen molar-refractivity contribution in [2.75, 3.05) is 0 Å².